The molecule has 0 aromatic heterocycles. The van der Waals surface area contributed by atoms with Gasteiger partial charge in [0, 0.05) is 9.47 Å². The van der Waals surface area contributed by atoms with Crippen molar-refractivity contribution in [1.29, 1.82) is 0 Å². The first-order valence-electron chi connectivity index (χ1n) is 6.51. The Morgan fingerprint density at radius 1 is 0.684 bits per heavy atom. The van der Waals surface area contributed by atoms with Gasteiger partial charge >= 0.3 is 0 Å². The highest BCUT2D eigenvalue weighted by atomic mass is 31.0. The summed E-state index contributed by atoms with van der Waals surface area (Å²) in [7, 11) is 2.40. The third-order valence-electron chi connectivity index (χ3n) is 3.23. The van der Waals surface area contributed by atoms with Crippen LogP contribution in [0, 0.1) is 27.7 Å². The normalized spacial score (nSPS) is 11.1. The van der Waals surface area contributed by atoms with Crippen molar-refractivity contribution in [2.24, 2.45) is 0 Å². The van der Waals surface area contributed by atoms with Crippen molar-refractivity contribution in [2.75, 3.05) is 0 Å². The minimum Gasteiger partial charge on any atom is -0.353 e. The fraction of sp³-hybridized carbons (Fsp3) is 0.294. The van der Waals surface area contributed by atoms with E-state index in [-0.39, 0.29) is 6.10 Å². The van der Waals surface area contributed by atoms with E-state index in [0.29, 0.717) is 0 Å². The van der Waals surface area contributed by atoms with Gasteiger partial charge in [-0.15, -0.1) is 0 Å². The van der Waals surface area contributed by atoms with Crippen LogP contribution in [0.3, 0.4) is 0 Å². The zero-order chi connectivity index (χ0) is 14.0. The molecule has 2 aromatic carbocycles. The molecule has 1 nitrogen and oxygen atoms in total. The first-order valence-corrected chi connectivity index (χ1v) is 6.98. The third-order valence-corrected chi connectivity index (χ3v) is 3.50. The molecule has 0 aliphatic rings. The molecule has 0 aliphatic carbocycles. The summed E-state index contributed by atoms with van der Waals surface area (Å²) in [6.07, 6.45) is -0.0257. The maximum Gasteiger partial charge on any atom is 0.111 e. The highest BCUT2D eigenvalue weighted by Gasteiger charge is 2.14. The monoisotopic (exact) mass is 272 g/mol. The minimum atomic E-state index is -0.0257. The average Bonchev–Trinajstić information content (AvgIpc) is 2.27. The lowest BCUT2D eigenvalue weighted by Gasteiger charge is -2.18. The maximum absolute atomic E-state index is 5.66. The first-order chi connectivity index (χ1) is 8.99. The standard InChI is InChI=1S/C17H21OP/c1-11-5-12(2)8-15(7-11)17(18-19)16-9-13(3)6-14(4)10-16/h5-10,17H,19H2,1-4H3. The predicted octanol–water partition coefficient (Wildman–Crippen LogP) is 4.82. The molecule has 0 radical (unpaired) electrons. The van der Waals surface area contributed by atoms with E-state index in [4.69, 9.17) is 4.52 Å². The molecule has 2 heteroatoms. The van der Waals surface area contributed by atoms with Crippen LogP contribution in [-0.4, -0.2) is 0 Å². The van der Waals surface area contributed by atoms with E-state index >= 15 is 0 Å². The van der Waals surface area contributed by atoms with Crippen molar-refractivity contribution >= 4 is 9.47 Å². The highest BCUT2D eigenvalue weighted by molar-refractivity contribution is 7.09. The molecule has 0 N–H and O–H groups in total. The SMILES string of the molecule is Cc1cc(C)cc(C(OP)c2cc(C)cc(C)c2)c1. The number of hydrogen-bond acceptors (Lipinski definition) is 1. The van der Waals surface area contributed by atoms with Crippen molar-refractivity contribution < 1.29 is 4.52 Å². The summed E-state index contributed by atoms with van der Waals surface area (Å²) < 4.78 is 5.66. The molecule has 100 valence electrons. The topological polar surface area (TPSA) is 9.23 Å². The van der Waals surface area contributed by atoms with E-state index in [0.717, 1.165) is 0 Å². The predicted molar refractivity (Wildman–Crippen MR) is 84.5 cm³/mol. The van der Waals surface area contributed by atoms with Crippen LogP contribution in [-0.2, 0) is 4.52 Å². The largest absolute Gasteiger partial charge is 0.353 e. The summed E-state index contributed by atoms with van der Waals surface area (Å²) in [4.78, 5) is 0. The molecule has 0 heterocycles. The molecule has 0 saturated heterocycles. The maximum atomic E-state index is 5.66. The Kier molecular flexibility index (Phi) is 4.39. The molecule has 0 aliphatic heterocycles. The lowest BCUT2D eigenvalue weighted by molar-refractivity contribution is 0.293. The van der Waals surface area contributed by atoms with Crippen molar-refractivity contribution in [3.05, 3.63) is 69.8 Å². The van der Waals surface area contributed by atoms with Gasteiger partial charge in [0.25, 0.3) is 0 Å². The molecule has 2 rings (SSSR count). The van der Waals surface area contributed by atoms with Gasteiger partial charge in [0.2, 0.25) is 0 Å². The van der Waals surface area contributed by atoms with Crippen molar-refractivity contribution in [3.8, 4) is 0 Å². The Morgan fingerprint density at radius 2 is 1.00 bits per heavy atom. The van der Waals surface area contributed by atoms with Crippen LogP contribution >= 0.6 is 9.47 Å². The van der Waals surface area contributed by atoms with E-state index in [1.807, 2.05) is 0 Å². The smallest absolute Gasteiger partial charge is 0.111 e. The average molecular weight is 272 g/mol. The molecule has 0 saturated carbocycles. The fourth-order valence-electron chi connectivity index (χ4n) is 2.67. The third kappa shape index (κ3) is 3.43. The lowest BCUT2D eigenvalue weighted by atomic mass is 9.96. The molecule has 0 amide bonds. The summed E-state index contributed by atoms with van der Waals surface area (Å²) in [6, 6.07) is 13.1. The van der Waals surface area contributed by atoms with Gasteiger partial charge in [-0.25, -0.2) is 0 Å². The molecule has 1 unspecified atom stereocenters. The lowest BCUT2D eigenvalue weighted by Crippen LogP contribution is -2.03. The van der Waals surface area contributed by atoms with Gasteiger partial charge in [0.15, 0.2) is 0 Å². The summed E-state index contributed by atoms with van der Waals surface area (Å²) in [6.45, 7) is 8.49. The quantitative estimate of drug-likeness (QED) is 0.728. The summed E-state index contributed by atoms with van der Waals surface area (Å²) >= 11 is 0. The molecule has 0 spiro atoms. The molecular weight excluding hydrogens is 251 g/mol. The zero-order valence-electron chi connectivity index (χ0n) is 12.0. The van der Waals surface area contributed by atoms with E-state index < -0.39 is 0 Å². The van der Waals surface area contributed by atoms with E-state index in [1.54, 1.807) is 0 Å². The molecule has 1 atom stereocenters. The van der Waals surface area contributed by atoms with Crippen LogP contribution in [0.4, 0.5) is 0 Å². The van der Waals surface area contributed by atoms with Gasteiger partial charge in [0.1, 0.15) is 6.10 Å². The fourth-order valence-corrected chi connectivity index (χ4v) is 2.99. The molecular formula is C17H21OP. The van der Waals surface area contributed by atoms with E-state index in [9.17, 15) is 0 Å². The molecule has 0 fully saturated rings. The second-order valence-electron chi connectivity index (χ2n) is 5.36. The Morgan fingerprint density at radius 3 is 1.26 bits per heavy atom. The molecule has 0 bridgehead atoms. The van der Waals surface area contributed by atoms with Crippen LogP contribution < -0.4 is 0 Å². The van der Waals surface area contributed by atoms with Gasteiger partial charge in [0.05, 0.1) is 0 Å². The van der Waals surface area contributed by atoms with Gasteiger partial charge in [-0.05, 0) is 38.8 Å². The number of benzene rings is 2. The van der Waals surface area contributed by atoms with Gasteiger partial charge in [-0.1, -0.05) is 58.7 Å². The molecule has 19 heavy (non-hydrogen) atoms. The highest BCUT2D eigenvalue weighted by Crippen LogP contribution is 2.30. The first kappa shape index (κ1) is 14.2. The Labute approximate surface area is 118 Å². The number of aryl methyl sites for hydroxylation is 4. The van der Waals surface area contributed by atoms with Crippen LogP contribution in [0.2, 0.25) is 0 Å². The van der Waals surface area contributed by atoms with Crippen molar-refractivity contribution in [1.82, 2.24) is 0 Å². The van der Waals surface area contributed by atoms with Crippen molar-refractivity contribution in [2.45, 2.75) is 33.8 Å². The summed E-state index contributed by atoms with van der Waals surface area (Å²) in [5.74, 6) is 0. The Balaban J connectivity index is 2.49. The van der Waals surface area contributed by atoms with Gasteiger partial charge in [-0.2, -0.15) is 0 Å². The second kappa shape index (κ2) is 5.86. The van der Waals surface area contributed by atoms with E-state index in [1.165, 1.54) is 33.4 Å². The van der Waals surface area contributed by atoms with Crippen molar-refractivity contribution in [3.63, 3.8) is 0 Å². The van der Waals surface area contributed by atoms with Crippen LogP contribution in [0.15, 0.2) is 36.4 Å². The van der Waals surface area contributed by atoms with Crippen LogP contribution in [0.1, 0.15) is 39.5 Å². The van der Waals surface area contributed by atoms with Gasteiger partial charge in [-0.3, -0.25) is 0 Å². The summed E-state index contributed by atoms with van der Waals surface area (Å²) in [5, 5.41) is 0. The second-order valence-corrected chi connectivity index (χ2v) is 5.63. The Bertz CT molecular complexity index is 498. The number of hydrogen-bond donors (Lipinski definition) is 0. The minimum absolute atomic E-state index is 0.0257. The molecule has 2 aromatic rings. The van der Waals surface area contributed by atoms with E-state index in [2.05, 4.69) is 73.6 Å². The van der Waals surface area contributed by atoms with Gasteiger partial charge < -0.3 is 4.52 Å². The zero-order valence-corrected chi connectivity index (χ0v) is 13.2. The van der Waals surface area contributed by atoms with Crippen LogP contribution in [0.5, 0.6) is 0 Å². The van der Waals surface area contributed by atoms with Crippen LogP contribution in [0.25, 0.3) is 0 Å². The number of rotatable bonds is 3. The Hall–Kier alpha value is -1.17. The summed E-state index contributed by atoms with van der Waals surface area (Å²) in [5.41, 5.74) is 7.49.